The zero-order valence-electron chi connectivity index (χ0n) is 22.4. The predicted molar refractivity (Wildman–Crippen MR) is 153 cm³/mol. The van der Waals surface area contributed by atoms with Crippen LogP contribution in [-0.2, 0) is 4.79 Å². The lowest BCUT2D eigenvalue weighted by Crippen LogP contribution is -2.38. The van der Waals surface area contributed by atoms with Gasteiger partial charge in [-0.25, -0.2) is 0 Å². The molecule has 4 rings (SSSR count). The Morgan fingerprint density at radius 3 is 2.38 bits per heavy atom. The van der Waals surface area contributed by atoms with Gasteiger partial charge in [0, 0.05) is 30.7 Å². The summed E-state index contributed by atoms with van der Waals surface area (Å²) in [4.78, 5) is 18.9. The van der Waals surface area contributed by atoms with Crippen molar-refractivity contribution in [3.05, 3.63) is 96.2 Å². The van der Waals surface area contributed by atoms with Crippen LogP contribution >= 0.6 is 0 Å². The number of amides is 1. The summed E-state index contributed by atoms with van der Waals surface area (Å²) in [5.41, 5.74) is 4.26. The summed E-state index contributed by atoms with van der Waals surface area (Å²) >= 11 is 0. The highest BCUT2D eigenvalue weighted by atomic mass is 16.5. The molecule has 1 aromatic heterocycles. The Bertz CT molecular complexity index is 1270. The molecule has 0 saturated heterocycles. The van der Waals surface area contributed by atoms with Crippen molar-refractivity contribution in [3.63, 3.8) is 0 Å². The van der Waals surface area contributed by atoms with Crippen LogP contribution in [0.5, 0.6) is 5.75 Å². The molecule has 3 atom stereocenters. The minimum Gasteiger partial charge on any atom is -0.493 e. The van der Waals surface area contributed by atoms with Gasteiger partial charge < -0.3 is 19.9 Å². The van der Waals surface area contributed by atoms with Crippen LogP contribution in [0.15, 0.2) is 85.1 Å². The normalized spacial score (nSPS) is 13.6. The molecule has 1 unspecified atom stereocenters. The smallest absolute Gasteiger partial charge is 0.227 e. The zero-order valence-corrected chi connectivity index (χ0v) is 22.4. The maximum absolute atomic E-state index is 13.4. The van der Waals surface area contributed by atoms with Gasteiger partial charge in [-0.15, -0.1) is 0 Å². The lowest BCUT2D eigenvalue weighted by atomic mass is 9.99. The molecule has 37 heavy (non-hydrogen) atoms. The van der Waals surface area contributed by atoms with Gasteiger partial charge in [-0.3, -0.25) is 4.79 Å². The summed E-state index contributed by atoms with van der Waals surface area (Å²) in [7, 11) is 2.07. The van der Waals surface area contributed by atoms with Crippen LogP contribution in [0.4, 0.5) is 5.69 Å². The zero-order chi connectivity index (χ0) is 26.2. The van der Waals surface area contributed by atoms with E-state index in [0.29, 0.717) is 19.1 Å². The van der Waals surface area contributed by atoms with Crippen LogP contribution in [0.2, 0.25) is 0 Å². The molecule has 1 heterocycles. The van der Waals surface area contributed by atoms with Gasteiger partial charge in [0.2, 0.25) is 5.91 Å². The van der Waals surface area contributed by atoms with E-state index in [1.807, 2.05) is 61.7 Å². The fraction of sp³-hybridized carbons (Fsp3) is 0.344. The number of nitrogens with zero attached hydrogens (tertiary/aromatic N) is 1. The number of benzene rings is 3. The number of para-hydroxylation sites is 1. The highest BCUT2D eigenvalue weighted by Gasteiger charge is 2.22. The van der Waals surface area contributed by atoms with Gasteiger partial charge in [0.25, 0.3) is 0 Å². The van der Waals surface area contributed by atoms with Crippen molar-refractivity contribution in [1.82, 2.24) is 10.3 Å². The van der Waals surface area contributed by atoms with Gasteiger partial charge in [-0.2, -0.15) is 0 Å². The van der Waals surface area contributed by atoms with Crippen molar-refractivity contribution in [2.75, 3.05) is 25.1 Å². The maximum Gasteiger partial charge on any atom is 0.227 e. The highest BCUT2D eigenvalue weighted by molar-refractivity contribution is 5.92. The average Bonchev–Trinajstić information content (AvgIpc) is 3.36. The third kappa shape index (κ3) is 6.73. The first-order valence-corrected chi connectivity index (χ1v) is 13.3. The Kier molecular flexibility index (Phi) is 8.89. The Morgan fingerprint density at radius 1 is 0.946 bits per heavy atom. The van der Waals surface area contributed by atoms with E-state index in [9.17, 15) is 4.79 Å². The lowest BCUT2D eigenvalue weighted by Gasteiger charge is -2.28. The van der Waals surface area contributed by atoms with E-state index in [1.54, 1.807) is 0 Å². The number of H-pyrrole nitrogens is 1. The largest absolute Gasteiger partial charge is 0.493 e. The molecule has 5 nitrogen and oxygen atoms in total. The highest BCUT2D eigenvalue weighted by Crippen LogP contribution is 2.28. The predicted octanol–water partition coefficient (Wildman–Crippen LogP) is 7.08. The molecule has 1 amide bonds. The molecule has 0 bridgehead atoms. The molecule has 194 valence electrons. The number of carbonyl (C=O) groups is 1. The number of ether oxygens (including phenoxy) is 1. The van der Waals surface area contributed by atoms with Crippen LogP contribution < -0.4 is 15.0 Å². The van der Waals surface area contributed by atoms with Crippen LogP contribution in [0.3, 0.4) is 0 Å². The van der Waals surface area contributed by atoms with Crippen molar-refractivity contribution >= 4 is 22.5 Å². The molecule has 0 aliphatic rings. The Morgan fingerprint density at radius 2 is 1.65 bits per heavy atom. The van der Waals surface area contributed by atoms with Gasteiger partial charge in [0.05, 0.1) is 24.3 Å². The van der Waals surface area contributed by atoms with Gasteiger partial charge in [0.1, 0.15) is 5.75 Å². The van der Waals surface area contributed by atoms with Crippen molar-refractivity contribution in [2.45, 2.75) is 45.6 Å². The number of hydrogen-bond donors (Lipinski definition) is 2. The number of fused-ring (bicyclic) bond motifs is 1. The third-order valence-corrected chi connectivity index (χ3v) is 7.04. The fourth-order valence-electron chi connectivity index (χ4n) is 4.78. The average molecular weight is 498 g/mol. The second kappa shape index (κ2) is 12.5. The summed E-state index contributed by atoms with van der Waals surface area (Å²) in [6, 6.07) is 26.2. The molecular weight excluding hydrogens is 458 g/mol. The molecule has 0 saturated carbocycles. The minimum absolute atomic E-state index is 0.0113. The first-order chi connectivity index (χ1) is 18.0. The van der Waals surface area contributed by atoms with E-state index in [0.717, 1.165) is 46.3 Å². The molecule has 5 heteroatoms. The monoisotopic (exact) mass is 497 g/mol. The molecule has 0 spiro atoms. The van der Waals surface area contributed by atoms with Crippen molar-refractivity contribution in [3.8, 4) is 5.75 Å². The molecule has 0 fully saturated rings. The van der Waals surface area contributed by atoms with Gasteiger partial charge in [-0.05, 0) is 48.6 Å². The number of rotatable bonds is 12. The SMILES string of the molecule is CCCC(C)COc1ccc([C@H](CN(C)c2c[nH]c3ccccc23)NC(=O)[C@@H](C)c2ccccc2)cc1. The molecule has 0 aliphatic carbocycles. The lowest BCUT2D eigenvalue weighted by molar-refractivity contribution is -0.122. The van der Waals surface area contributed by atoms with Crippen LogP contribution in [0.25, 0.3) is 10.9 Å². The number of carbonyl (C=O) groups excluding carboxylic acids is 1. The topological polar surface area (TPSA) is 57.4 Å². The van der Waals surface area contributed by atoms with E-state index >= 15 is 0 Å². The summed E-state index contributed by atoms with van der Waals surface area (Å²) in [6.45, 7) is 7.72. The molecule has 4 aromatic rings. The van der Waals surface area contributed by atoms with E-state index in [4.69, 9.17) is 4.74 Å². The standard InChI is InChI=1S/C32H39N3O2/c1-5-11-23(2)22-37-27-18-16-26(17-19-27)30(34-32(36)24(3)25-12-7-6-8-13-25)21-35(4)31-20-33-29-15-10-9-14-28(29)31/h6-10,12-20,23-24,30,33H,5,11,21-22H2,1-4H3,(H,34,36)/t23?,24-,30-/m0/s1. The number of anilines is 1. The van der Waals surface area contributed by atoms with E-state index in [-0.39, 0.29) is 17.9 Å². The Balaban J connectivity index is 1.53. The number of likely N-dealkylation sites (N-methyl/N-ethyl adjacent to an activating group) is 1. The molecular formula is C32H39N3O2. The van der Waals surface area contributed by atoms with Crippen LogP contribution in [0, 0.1) is 5.92 Å². The van der Waals surface area contributed by atoms with Gasteiger partial charge in [0.15, 0.2) is 0 Å². The Hall–Kier alpha value is -3.73. The number of nitrogens with one attached hydrogen (secondary N) is 2. The van der Waals surface area contributed by atoms with Gasteiger partial charge >= 0.3 is 0 Å². The summed E-state index contributed by atoms with van der Waals surface area (Å²) in [5, 5.41) is 4.49. The fourth-order valence-corrected chi connectivity index (χ4v) is 4.78. The second-order valence-corrected chi connectivity index (χ2v) is 10.1. The first kappa shape index (κ1) is 26.3. The number of aromatic nitrogens is 1. The molecule has 0 aliphatic heterocycles. The van der Waals surface area contributed by atoms with Crippen molar-refractivity contribution in [1.29, 1.82) is 0 Å². The first-order valence-electron chi connectivity index (χ1n) is 13.3. The summed E-state index contributed by atoms with van der Waals surface area (Å²) < 4.78 is 6.02. The Labute approximate surface area is 220 Å². The summed E-state index contributed by atoms with van der Waals surface area (Å²) in [5.74, 6) is 1.16. The molecule has 2 N–H and O–H groups in total. The van der Waals surface area contributed by atoms with Gasteiger partial charge in [-0.1, -0.05) is 80.9 Å². The quantitative estimate of drug-likeness (QED) is 0.220. The molecule has 3 aromatic carbocycles. The second-order valence-electron chi connectivity index (χ2n) is 10.1. The maximum atomic E-state index is 13.4. The molecule has 0 radical (unpaired) electrons. The van der Waals surface area contributed by atoms with E-state index in [2.05, 4.69) is 66.4 Å². The van der Waals surface area contributed by atoms with Crippen LogP contribution in [-0.4, -0.2) is 31.1 Å². The van der Waals surface area contributed by atoms with Crippen molar-refractivity contribution in [2.24, 2.45) is 5.92 Å². The van der Waals surface area contributed by atoms with E-state index < -0.39 is 0 Å². The third-order valence-electron chi connectivity index (χ3n) is 7.04. The number of hydrogen-bond acceptors (Lipinski definition) is 3. The van der Waals surface area contributed by atoms with E-state index in [1.165, 1.54) is 0 Å². The number of aromatic amines is 1. The van der Waals surface area contributed by atoms with Crippen LogP contribution in [0.1, 0.15) is 56.7 Å². The summed E-state index contributed by atoms with van der Waals surface area (Å²) in [6.07, 6.45) is 4.35. The minimum atomic E-state index is -0.246. The van der Waals surface area contributed by atoms with Crippen molar-refractivity contribution < 1.29 is 9.53 Å².